The number of nitro benzene ring substituents is 1. The minimum Gasteiger partial charge on any atom is -0.487 e. The minimum absolute atomic E-state index is 0.0477. The summed E-state index contributed by atoms with van der Waals surface area (Å²) in [6, 6.07) is 5.52. The van der Waals surface area contributed by atoms with Crippen LogP contribution in [0.5, 0.6) is 5.75 Å². The Hall–Kier alpha value is -1.43. The van der Waals surface area contributed by atoms with Crippen LogP contribution in [0.3, 0.4) is 0 Å². The summed E-state index contributed by atoms with van der Waals surface area (Å²) < 4.78 is 5.39. The molecule has 1 aliphatic carbocycles. The third-order valence-corrected chi connectivity index (χ3v) is 4.98. The first-order valence-electron chi connectivity index (χ1n) is 7.45. The van der Waals surface area contributed by atoms with Crippen LogP contribution in [0, 0.1) is 10.1 Å². The monoisotopic (exact) mass is 310 g/mol. The van der Waals surface area contributed by atoms with Crippen LogP contribution < -0.4 is 10.1 Å². The van der Waals surface area contributed by atoms with Crippen molar-refractivity contribution in [1.82, 2.24) is 0 Å². The van der Waals surface area contributed by atoms with Crippen molar-refractivity contribution in [2.75, 3.05) is 17.7 Å². The Morgan fingerprint density at radius 3 is 2.90 bits per heavy atom. The summed E-state index contributed by atoms with van der Waals surface area (Å²) in [6.45, 7) is 4.40. The van der Waals surface area contributed by atoms with Gasteiger partial charge in [-0.15, -0.1) is 0 Å². The first-order valence-corrected chi connectivity index (χ1v) is 8.50. The van der Waals surface area contributed by atoms with Gasteiger partial charge in [0.25, 0.3) is 0 Å². The van der Waals surface area contributed by atoms with E-state index in [-0.39, 0.29) is 10.6 Å². The Labute approximate surface area is 129 Å². The summed E-state index contributed by atoms with van der Waals surface area (Å²) >= 11 is 1.93. The van der Waals surface area contributed by atoms with Crippen LogP contribution in [-0.2, 0) is 0 Å². The molecule has 5 nitrogen and oxygen atoms in total. The van der Waals surface area contributed by atoms with Crippen molar-refractivity contribution in [3.63, 3.8) is 0 Å². The molecule has 0 spiro atoms. The van der Waals surface area contributed by atoms with Gasteiger partial charge in [-0.05, 0) is 37.7 Å². The van der Waals surface area contributed by atoms with Crippen LogP contribution in [0.4, 0.5) is 11.4 Å². The van der Waals surface area contributed by atoms with Gasteiger partial charge in [0.1, 0.15) is 5.69 Å². The topological polar surface area (TPSA) is 64.4 Å². The number of nitro groups is 1. The number of anilines is 1. The highest BCUT2D eigenvalue weighted by molar-refractivity contribution is 7.99. The third-order valence-electron chi connectivity index (χ3n) is 3.66. The van der Waals surface area contributed by atoms with Crippen molar-refractivity contribution in [2.24, 2.45) is 0 Å². The Morgan fingerprint density at radius 2 is 2.24 bits per heavy atom. The number of nitrogens with zero attached hydrogens (tertiary/aromatic N) is 1. The van der Waals surface area contributed by atoms with E-state index < -0.39 is 0 Å². The molecular weight excluding hydrogens is 288 g/mol. The van der Waals surface area contributed by atoms with Crippen LogP contribution in [0.2, 0.25) is 0 Å². The molecule has 6 heteroatoms. The lowest BCUT2D eigenvalue weighted by molar-refractivity contribution is -0.385. The maximum atomic E-state index is 11.4. The van der Waals surface area contributed by atoms with Crippen LogP contribution in [0.25, 0.3) is 0 Å². The normalized spacial score (nSPS) is 21.2. The molecule has 1 fully saturated rings. The summed E-state index contributed by atoms with van der Waals surface area (Å²) in [5, 5.41) is 15.3. The molecule has 1 aliphatic rings. The Bertz CT molecular complexity index is 496. The second-order valence-corrected chi connectivity index (χ2v) is 6.53. The number of benzene rings is 1. The van der Waals surface area contributed by atoms with Crippen LogP contribution in [0.15, 0.2) is 18.2 Å². The molecule has 2 unspecified atom stereocenters. The fourth-order valence-electron chi connectivity index (χ4n) is 2.80. The number of hydrogen-bond acceptors (Lipinski definition) is 5. The average Bonchev–Trinajstić information content (AvgIpc) is 2.87. The number of hydrogen-bond donors (Lipinski definition) is 1. The molecule has 2 atom stereocenters. The van der Waals surface area contributed by atoms with Gasteiger partial charge in [0.2, 0.25) is 0 Å². The van der Waals surface area contributed by atoms with Gasteiger partial charge in [-0.2, -0.15) is 11.8 Å². The summed E-state index contributed by atoms with van der Waals surface area (Å²) in [5.74, 6) is 1.41. The molecule has 0 heterocycles. The largest absolute Gasteiger partial charge is 0.487 e. The number of rotatable bonds is 7. The lowest BCUT2D eigenvalue weighted by Crippen LogP contribution is -2.26. The highest BCUT2D eigenvalue weighted by Crippen LogP contribution is 2.38. The molecule has 0 aliphatic heterocycles. The van der Waals surface area contributed by atoms with Crippen LogP contribution in [0.1, 0.15) is 33.1 Å². The van der Waals surface area contributed by atoms with Crippen molar-refractivity contribution in [3.05, 3.63) is 28.3 Å². The van der Waals surface area contributed by atoms with E-state index in [2.05, 4.69) is 12.2 Å². The minimum atomic E-state index is -0.357. The zero-order chi connectivity index (χ0) is 15.2. The van der Waals surface area contributed by atoms with Gasteiger partial charge < -0.3 is 10.1 Å². The lowest BCUT2D eigenvalue weighted by Gasteiger charge is -2.21. The molecule has 2 rings (SSSR count). The van der Waals surface area contributed by atoms with Gasteiger partial charge in [-0.1, -0.05) is 19.4 Å². The average molecular weight is 310 g/mol. The molecule has 0 radical (unpaired) electrons. The van der Waals surface area contributed by atoms with Crippen molar-refractivity contribution in [3.8, 4) is 5.75 Å². The first-order chi connectivity index (χ1) is 10.2. The summed E-state index contributed by atoms with van der Waals surface area (Å²) in [4.78, 5) is 11.0. The third kappa shape index (κ3) is 3.81. The number of thioether (sulfide) groups is 1. The smallest absolute Gasteiger partial charge is 0.333 e. The Morgan fingerprint density at radius 1 is 1.43 bits per heavy atom. The van der Waals surface area contributed by atoms with Crippen LogP contribution in [-0.4, -0.2) is 28.6 Å². The molecule has 0 amide bonds. The van der Waals surface area contributed by atoms with E-state index in [1.165, 1.54) is 12.8 Å². The molecule has 1 N–H and O–H groups in total. The summed E-state index contributed by atoms with van der Waals surface area (Å²) in [7, 11) is 0. The molecule has 1 aromatic carbocycles. The fourth-order valence-corrected chi connectivity index (χ4v) is 4.00. The second kappa shape index (κ2) is 7.54. The SMILES string of the molecule is CCOc1cccc(NC2CCCC2SCC)c1[N+](=O)[O-]. The Kier molecular flexibility index (Phi) is 5.73. The highest BCUT2D eigenvalue weighted by atomic mass is 32.2. The van der Waals surface area contributed by atoms with Gasteiger partial charge in [0.15, 0.2) is 5.75 Å². The van der Waals surface area contributed by atoms with E-state index in [0.29, 0.717) is 29.3 Å². The quantitative estimate of drug-likeness (QED) is 0.607. The molecule has 21 heavy (non-hydrogen) atoms. The zero-order valence-electron chi connectivity index (χ0n) is 12.5. The van der Waals surface area contributed by atoms with Crippen molar-refractivity contribution in [1.29, 1.82) is 0 Å². The predicted octanol–water partition coefficient (Wildman–Crippen LogP) is 4.08. The number of para-hydroxylation sites is 1. The van der Waals surface area contributed by atoms with Gasteiger partial charge in [-0.3, -0.25) is 10.1 Å². The number of nitrogens with one attached hydrogen (secondary N) is 1. The zero-order valence-corrected chi connectivity index (χ0v) is 13.3. The molecular formula is C15H22N2O3S. The van der Waals surface area contributed by atoms with Crippen molar-refractivity contribution in [2.45, 2.75) is 44.4 Å². The number of ether oxygens (including phenoxy) is 1. The van der Waals surface area contributed by atoms with E-state index in [9.17, 15) is 10.1 Å². The van der Waals surface area contributed by atoms with Gasteiger partial charge in [0, 0.05) is 11.3 Å². The van der Waals surface area contributed by atoms with E-state index in [4.69, 9.17) is 4.74 Å². The molecule has 1 aromatic rings. The highest BCUT2D eigenvalue weighted by Gasteiger charge is 2.30. The Balaban J connectivity index is 2.22. The standard InChI is InChI=1S/C15H22N2O3S/c1-3-20-13-9-5-8-12(15(13)17(18)19)16-11-7-6-10-14(11)21-4-2/h5,8-9,11,14,16H,3-4,6-7,10H2,1-2H3. The van der Waals surface area contributed by atoms with Gasteiger partial charge in [-0.25, -0.2) is 0 Å². The van der Waals surface area contributed by atoms with Crippen molar-refractivity contribution < 1.29 is 9.66 Å². The molecule has 1 saturated carbocycles. The molecule has 0 aromatic heterocycles. The molecule has 0 bridgehead atoms. The lowest BCUT2D eigenvalue weighted by atomic mass is 10.2. The maximum Gasteiger partial charge on any atom is 0.333 e. The predicted molar refractivity (Wildman–Crippen MR) is 87.4 cm³/mol. The molecule has 0 saturated heterocycles. The van der Waals surface area contributed by atoms with Gasteiger partial charge in [0.05, 0.1) is 11.5 Å². The fraction of sp³-hybridized carbons (Fsp3) is 0.600. The van der Waals surface area contributed by atoms with Gasteiger partial charge >= 0.3 is 5.69 Å². The first kappa shape index (κ1) is 15.9. The summed E-state index contributed by atoms with van der Waals surface area (Å²) in [5.41, 5.74) is 0.617. The second-order valence-electron chi connectivity index (χ2n) is 5.02. The van der Waals surface area contributed by atoms with Crippen molar-refractivity contribution >= 4 is 23.1 Å². The van der Waals surface area contributed by atoms with E-state index in [1.54, 1.807) is 18.2 Å². The molecule has 116 valence electrons. The van der Waals surface area contributed by atoms with Crippen LogP contribution >= 0.6 is 11.8 Å². The maximum absolute atomic E-state index is 11.4. The van der Waals surface area contributed by atoms with E-state index in [1.807, 2.05) is 18.7 Å². The van der Waals surface area contributed by atoms with E-state index in [0.717, 1.165) is 12.2 Å². The van der Waals surface area contributed by atoms with E-state index >= 15 is 0 Å². The summed E-state index contributed by atoms with van der Waals surface area (Å²) in [6.07, 6.45) is 3.41.